The van der Waals surface area contributed by atoms with Crippen molar-refractivity contribution in [1.29, 1.82) is 0 Å². The molecule has 0 bridgehead atoms. The van der Waals surface area contributed by atoms with Gasteiger partial charge in [-0.2, -0.15) is 0 Å². The molecule has 0 amide bonds. The van der Waals surface area contributed by atoms with Crippen molar-refractivity contribution in [3.8, 4) is 0 Å². The molecule has 2 nitrogen and oxygen atoms in total. The fourth-order valence-corrected chi connectivity index (χ4v) is 8.91. The van der Waals surface area contributed by atoms with Crippen LogP contribution >= 0.6 is 0 Å². The monoisotopic (exact) mass is 803 g/mol. The molecule has 0 aromatic rings. The lowest BCUT2D eigenvalue weighted by atomic mass is 10.0. The van der Waals surface area contributed by atoms with Gasteiger partial charge in [-0.25, -0.2) is 0 Å². The van der Waals surface area contributed by atoms with E-state index in [0.717, 1.165) is 12.8 Å². The van der Waals surface area contributed by atoms with Crippen molar-refractivity contribution in [3.63, 3.8) is 0 Å². The molecule has 0 heterocycles. The van der Waals surface area contributed by atoms with Crippen LogP contribution in [-0.2, 0) is 9.53 Å². The minimum absolute atomic E-state index is 0.0326. The lowest BCUT2D eigenvalue weighted by Crippen LogP contribution is -2.05. The van der Waals surface area contributed by atoms with Crippen LogP contribution in [0.5, 0.6) is 0 Å². The minimum atomic E-state index is 0.0326. The molecule has 0 fully saturated rings. The van der Waals surface area contributed by atoms with Gasteiger partial charge < -0.3 is 4.74 Å². The molecule has 342 valence electrons. The molecule has 0 saturated carbocycles. The van der Waals surface area contributed by atoms with Gasteiger partial charge in [0.15, 0.2) is 0 Å². The van der Waals surface area contributed by atoms with Crippen molar-refractivity contribution in [2.45, 2.75) is 341 Å². The molecule has 57 heavy (non-hydrogen) atoms. The van der Waals surface area contributed by atoms with E-state index >= 15 is 0 Å². The molecule has 0 saturated heterocycles. The fourth-order valence-electron chi connectivity index (χ4n) is 8.91. The van der Waals surface area contributed by atoms with E-state index in [0.29, 0.717) is 13.0 Å². The van der Waals surface area contributed by atoms with Gasteiger partial charge in [0.25, 0.3) is 0 Å². The Hall–Kier alpha value is -0.530. The van der Waals surface area contributed by atoms with Crippen molar-refractivity contribution in [2.24, 2.45) is 0 Å². The Morgan fingerprint density at radius 1 is 0.228 bits per heavy atom. The van der Waals surface area contributed by atoms with Gasteiger partial charge in [-0.3, -0.25) is 4.79 Å². The molecule has 0 unspecified atom stereocenters. The molecule has 0 aliphatic heterocycles. The van der Waals surface area contributed by atoms with Crippen LogP contribution in [0.15, 0.2) is 0 Å². The molecular formula is C55H110O2. The quantitative estimate of drug-likeness (QED) is 0.0452. The molecule has 0 aromatic carbocycles. The summed E-state index contributed by atoms with van der Waals surface area (Å²) in [5.41, 5.74) is 0. The van der Waals surface area contributed by atoms with Gasteiger partial charge in [0.2, 0.25) is 0 Å². The lowest BCUT2D eigenvalue weighted by molar-refractivity contribution is -0.143. The Bertz CT molecular complexity index is 703. The summed E-state index contributed by atoms with van der Waals surface area (Å²) in [6, 6.07) is 0. The zero-order valence-electron chi connectivity index (χ0n) is 40.1. The van der Waals surface area contributed by atoms with Crippen LogP contribution in [0, 0.1) is 0 Å². The van der Waals surface area contributed by atoms with E-state index in [4.69, 9.17) is 4.74 Å². The second-order valence-corrected chi connectivity index (χ2v) is 18.9. The zero-order chi connectivity index (χ0) is 41.1. The van der Waals surface area contributed by atoms with Crippen LogP contribution in [0.2, 0.25) is 0 Å². The Kier molecular flexibility index (Phi) is 53.0. The van der Waals surface area contributed by atoms with Crippen LogP contribution in [0.4, 0.5) is 0 Å². The predicted molar refractivity (Wildman–Crippen MR) is 258 cm³/mol. The Balaban J connectivity index is 3.12. The second-order valence-electron chi connectivity index (χ2n) is 18.9. The smallest absolute Gasteiger partial charge is 0.305 e. The SMILES string of the molecule is CCCCCCCCCCCCCCCCCCCCCCCCCCCCCCCCCCCCCCCC(=O)OCCCCCCCCCCCCCCC. The van der Waals surface area contributed by atoms with E-state index in [9.17, 15) is 4.79 Å². The van der Waals surface area contributed by atoms with Crippen molar-refractivity contribution in [2.75, 3.05) is 6.61 Å². The summed E-state index contributed by atoms with van der Waals surface area (Å²) >= 11 is 0. The maximum Gasteiger partial charge on any atom is 0.305 e. The third-order valence-electron chi connectivity index (χ3n) is 13.0. The van der Waals surface area contributed by atoms with Crippen molar-refractivity contribution >= 4 is 5.97 Å². The summed E-state index contributed by atoms with van der Waals surface area (Å²) in [4.78, 5) is 12.0. The highest BCUT2D eigenvalue weighted by Crippen LogP contribution is 2.18. The van der Waals surface area contributed by atoms with Gasteiger partial charge in [0.05, 0.1) is 6.61 Å². The van der Waals surface area contributed by atoms with Crippen LogP contribution < -0.4 is 0 Å². The fraction of sp³-hybridized carbons (Fsp3) is 0.982. The molecule has 0 rings (SSSR count). The maximum atomic E-state index is 12.0. The normalized spacial score (nSPS) is 11.5. The summed E-state index contributed by atoms with van der Waals surface area (Å²) in [6.45, 7) is 5.23. The number of rotatable bonds is 52. The standard InChI is InChI=1S/C55H110O2/c1-3-5-7-9-11-13-15-17-18-19-20-21-22-23-24-25-26-27-28-29-30-31-32-33-34-35-36-37-38-39-40-41-43-45-47-49-51-53-55(56)57-54-52-50-48-46-44-42-16-14-12-10-8-6-4-2/h3-54H2,1-2H3. The summed E-state index contributed by atoms with van der Waals surface area (Å²) in [6.07, 6.45) is 71.4. The van der Waals surface area contributed by atoms with Crippen LogP contribution in [0.1, 0.15) is 341 Å². The molecule has 0 N–H and O–H groups in total. The number of ether oxygens (including phenoxy) is 1. The molecule has 0 aromatic heterocycles. The van der Waals surface area contributed by atoms with Gasteiger partial charge in [-0.1, -0.05) is 322 Å². The number of esters is 1. The van der Waals surface area contributed by atoms with Crippen molar-refractivity contribution < 1.29 is 9.53 Å². The summed E-state index contributed by atoms with van der Waals surface area (Å²) < 4.78 is 5.48. The third-order valence-corrected chi connectivity index (χ3v) is 13.0. The van der Waals surface area contributed by atoms with E-state index in [2.05, 4.69) is 13.8 Å². The maximum absolute atomic E-state index is 12.0. The van der Waals surface area contributed by atoms with E-state index < -0.39 is 0 Å². The minimum Gasteiger partial charge on any atom is -0.466 e. The molecule has 0 spiro atoms. The Labute approximate surface area is 362 Å². The van der Waals surface area contributed by atoms with Gasteiger partial charge in [-0.05, 0) is 12.8 Å². The van der Waals surface area contributed by atoms with Crippen LogP contribution in [0.3, 0.4) is 0 Å². The average molecular weight is 803 g/mol. The highest BCUT2D eigenvalue weighted by atomic mass is 16.5. The molecular weight excluding hydrogens is 693 g/mol. The number of carbonyl (C=O) groups is 1. The van der Waals surface area contributed by atoms with Gasteiger partial charge in [0.1, 0.15) is 0 Å². The van der Waals surface area contributed by atoms with Gasteiger partial charge in [-0.15, -0.1) is 0 Å². The first-order valence-electron chi connectivity index (χ1n) is 27.5. The number of carbonyl (C=O) groups excluding carboxylic acids is 1. The van der Waals surface area contributed by atoms with Crippen LogP contribution in [-0.4, -0.2) is 12.6 Å². The van der Waals surface area contributed by atoms with Gasteiger partial charge in [0, 0.05) is 6.42 Å². The second kappa shape index (κ2) is 53.5. The predicted octanol–water partition coefficient (Wildman–Crippen LogP) is 20.5. The lowest BCUT2D eigenvalue weighted by Gasteiger charge is -2.06. The Morgan fingerprint density at radius 2 is 0.386 bits per heavy atom. The van der Waals surface area contributed by atoms with Crippen molar-refractivity contribution in [3.05, 3.63) is 0 Å². The number of unbranched alkanes of at least 4 members (excludes halogenated alkanes) is 48. The molecule has 2 heteroatoms. The number of hydrogen-bond acceptors (Lipinski definition) is 2. The molecule has 0 radical (unpaired) electrons. The van der Waals surface area contributed by atoms with Crippen molar-refractivity contribution in [1.82, 2.24) is 0 Å². The summed E-state index contributed by atoms with van der Waals surface area (Å²) in [5.74, 6) is 0.0326. The first-order valence-corrected chi connectivity index (χ1v) is 27.5. The number of hydrogen-bond donors (Lipinski definition) is 0. The van der Waals surface area contributed by atoms with E-state index in [1.807, 2.05) is 0 Å². The summed E-state index contributed by atoms with van der Waals surface area (Å²) in [7, 11) is 0. The average Bonchev–Trinajstić information content (AvgIpc) is 3.22. The van der Waals surface area contributed by atoms with E-state index in [-0.39, 0.29) is 5.97 Å². The topological polar surface area (TPSA) is 26.3 Å². The highest BCUT2D eigenvalue weighted by Gasteiger charge is 2.03. The van der Waals surface area contributed by atoms with Gasteiger partial charge >= 0.3 is 5.97 Å². The first kappa shape index (κ1) is 56.5. The third kappa shape index (κ3) is 53.5. The zero-order valence-corrected chi connectivity index (χ0v) is 40.1. The largest absolute Gasteiger partial charge is 0.466 e. The highest BCUT2D eigenvalue weighted by molar-refractivity contribution is 5.69. The molecule has 0 aliphatic rings. The van der Waals surface area contributed by atoms with E-state index in [1.165, 1.54) is 308 Å². The molecule has 0 atom stereocenters. The summed E-state index contributed by atoms with van der Waals surface area (Å²) in [5, 5.41) is 0. The first-order chi connectivity index (χ1) is 28.3. The molecule has 0 aliphatic carbocycles. The Morgan fingerprint density at radius 3 is 0.579 bits per heavy atom. The van der Waals surface area contributed by atoms with Crippen LogP contribution in [0.25, 0.3) is 0 Å². The van der Waals surface area contributed by atoms with E-state index in [1.54, 1.807) is 0 Å².